The highest BCUT2D eigenvalue weighted by Gasteiger charge is 2.37. The molecule has 1 fully saturated rings. The number of nitrogens with zero attached hydrogens (tertiary/aromatic N) is 3. The summed E-state index contributed by atoms with van der Waals surface area (Å²) in [6, 6.07) is 4.16. The quantitative estimate of drug-likeness (QED) is 0.827. The molecule has 1 unspecified atom stereocenters. The minimum absolute atomic E-state index is 0.0176. The number of carbonyl (C=O) groups is 2. The highest BCUT2D eigenvalue weighted by molar-refractivity contribution is 5.91. The van der Waals surface area contributed by atoms with Crippen molar-refractivity contribution < 1.29 is 18.7 Å². The van der Waals surface area contributed by atoms with Crippen LogP contribution in [0.4, 0.5) is 14.9 Å². The van der Waals surface area contributed by atoms with Gasteiger partial charge in [-0.2, -0.15) is 0 Å². The van der Waals surface area contributed by atoms with Gasteiger partial charge < -0.3 is 14.5 Å². The van der Waals surface area contributed by atoms with Crippen LogP contribution in [0, 0.1) is 5.82 Å². The van der Waals surface area contributed by atoms with Crippen molar-refractivity contribution in [1.82, 2.24) is 9.80 Å². The third-order valence-corrected chi connectivity index (χ3v) is 4.17. The molecule has 2 aliphatic heterocycles. The van der Waals surface area contributed by atoms with Crippen LogP contribution >= 0.6 is 0 Å². The molecule has 1 aromatic carbocycles. The van der Waals surface area contributed by atoms with Crippen molar-refractivity contribution in [1.29, 1.82) is 0 Å². The molecule has 0 N–H and O–H groups in total. The first-order chi connectivity index (χ1) is 11.0. The zero-order valence-corrected chi connectivity index (χ0v) is 13.3. The van der Waals surface area contributed by atoms with E-state index in [2.05, 4.69) is 0 Å². The number of ether oxygens (including phenoxy) is 1. The molecule has 124 valence electrons. The number of hydrogen-bond donors (Lipinski definition) is 0. The van der Waals surface area contributed by atoms with Gasteiger partial charge in [0.05, 0.1) is 18.3 Å². The van der Waals surface area contributed by atoms with E-state index in [9.17, 15) is 14.0 Å². The van der Waals surface area contributed by atoms with Crippen LogP contribution in [0.15, 0.2) is 18.2 Å². The minimum atomic E-state index is -0.449. The third kappa shape index (κ3) is 3.14. The molecule has 2 heterocycles. The summed E-state index contributed by atoms with van der Waals surface area (Å²) in [6.07, 6.45) is 0.163. The Bertz CT molecular complexity index is 635. The largest absolute Gasteiger partial charge is 0.447 e. The maximum atomic E-state index is 13.7. The lowest BCUT2D eigenvalue weighted by Crippen LogP contribution is -2.44. The fourth-order valence-electron chi connectivity index (χ4n) is 3.04. The van der Waals surface area contributed by atoms with Crippen molar-refractivity contribution in [2.24, 2.45) is 0 Å². The molecule has 1 atom stereocenters. The van der Waals surface area contributed by atoms with Crippen molar-refractivity contribution in [2.75, 3.05) is 38.7 Å². The topological polar surface area (TPSA) is 53.1 Å². The van der Waals surface area contributed by atoms with E-state index in [1.807, 2.05) is 19.0 Å². The number of carbonyl (C=O) groups excluding carboxylic acids is 2. The Morgan fingerprint density at radius 1 is 1.43 bits per heavy atom. The summed E-state index contributed by atoms with van der Waals surface area (Å²) in [5, 5.41) is 0. The molecule has 7 heteroatoms. The molecule has 6 nitrogen and oxygen atoms in total. The van der Waals surface area contributed by atoms with E-state index < -0.39 is 11.9 Å². The number of fused-ring (bicyclic) bond motifs is 3. The number of hydrogen-bond acceptors (Lipinski definition) is 4. The first kappa shape index (κ1) is 15.7. The predicted octanol–water partition coefficient (Wildman–Crippen LogP) is 1.44. The number of anilines is 1. The molecule has 0 saturated carbocycles. The molecular formula is C16H20FN3O3. The van der Waals surface area contributed by atoms with Crippen molar-refractivity contribution in [3.05, 3.63) is 29.6 Å². The van der Waals surface area contributed by atoms with Crippen molar-refractivity contribution in [3.8, 4) is 0 Å². The van der Waals surface area contributed by atoms with Crippen LogP contribution in [-0.4, -0.2) is 61.6 Å². The molecule has 2 aliphatic rings. The summed E-state index contributed by atoms with van der Waals surface area (Å²) in [7, 11) is 3.69. The molecule has 3 rings (SSSR count). The second-order valence-electron chi connectivity index (χ2n) is 6.22. The van der Waals surface area contributed by atoms with Gasteiger partial charge in [-0.3, -0.25) is 9.69 Å². The van der Waals surface area contributed by atoms with Crippen molar-refractivity contribution >= 4 is 17.7 Å². The van der Waals surface area contributed by atoms with E-state index in [4.69, 9.17) is 4.74 Å². The van der Waals surface area contributed by atoms with E-state index in [-0.39, 0.29) is 18.6 Å². The zero-order chi connectivity index (χ0) is 16.6. The number of cyclic esters (lactones) is 1. The van der Waals surface area contributed by atoms with Gasteiger partial charge in [0.15, 0.2) is 0 Å². The normalized spacial score (nSPS) is 20.7. The van der Waals surface area contributed by atoms with E-state index in [1.165, 1.54) is 17.0 Å². The molecule has 0 aliphatic carbocycles. The second kappa shape index (κ2) is 6.16. The van der Waals surface area contributed by atoms with Crippen LogP contribution in [0.25, 0.3) is 0 Å². The van der Waals surface area contributed by atoms with Gasteiger partial charge in [0.25, 0.3) is 0 Å². The Morgan fingerprint density at radius 3 is 2.96 bits per heavy atom. The van der Waals surface area contributed by atoms with E-state index >= 15 is 0 Å². The summed E-state index contributed by atoms with van der Waals surface area (Å²) >= 11 is 0. The molecular weight excluding hydrogens is 301 g/mol. The molecule has 0 bridgehead atoms. The zero-order valence-electron chi connectivity index (χ0n) is 13.3. The van der Waals surface area contributed by atoms with Crippen molar-refractivity contribution in [3.63, 3.8) is 0 Å². The maximum Gasteiger partial charge on any atom is 0.414 e. The lowest BCUT2D eigenvalue weighted by atomic mass is 10.0. The van der Waals surface area contributed by atoms with Crippen LogP contribution in [0.2, 0.25) is 0 Å². The summed E-state index contributed by atoms with van der Waals surface area (Å²) in [4.78, 5) is 29.5. The smallest absolute Gasteiger partial charge is 0.414 e. The number of benzene rings is 1. The molecule has 23 heavy (non-hydrogen) atoms. The number of likely N-dealkylation sites (N-methyl/N-ethyl adjacent to an activating group) is 1. The summed E-state index contributed by atoms with van der Waals surface area (Å²) < 4.78 is 18.8. The Kier molecular flexibility index (Phi) is 4.21. The summed E-state index contributed by atoms with van der Waals surface area (Å²) in [6.45, 7) is 1.49. The van der Waals surface area contributed by atoms with E-state index in [0.29, 0.717) is 31.7 Å². The molecule has 2 amide bonds. The van der Waals surface area contributed by atoms with Crippen LogP contribution in [0.1, 0.15) is 12.0 Å². The van der Waals surface area contributed by atoms with Gasteiger partial charge in [-0.25, -0.2) is 9.18 Å². The third-order valence-electron chi connectivity index (χ3n) is 4.17. The Morgan fingerprint density at radius 2 is 2.22 bits per heavy atom. The van der Waals surface area contributed by atoms with Crippen LogP contribution in [0.3, 0.4) is 0 Å². The number of rotatable bonds is 2. The number of halogens is 1. The monoisotopic (exact) mass is 321 g/mol. The van der Waals surface area contributed by atoms with Gasteiger partial charge in [-0.15, -0.1) is 0 Å². The van der Waals surface area contributed by atoms with Gasteiger partial charge >= 0.3 is 6.09 Å². The molecule has 1 aromatic rings. The highest BCUT2D eigenvalue weighted by atomic mass is 19.1. The first-order valence-corrected chi connectivity index (χ1v) is 7.62. The Hall–Kier alpha value is -2.15. The lowest BCUT2D eigenvalue weighted by molar-refractivity contribution is -0.132. The second-order valence-corrected chi connectivity index (χ2v) is 6.22. The van der Waals surface area contributed by atoms with Crippen molar-refractivity contribution in [2.45, 2.75) is 19.0 Å². The van der Waals surface area contributed by atoms with Crippen LogP contribution in [-0.2, 0) is 16.1 Å². The molecule has 0 radical (unpaired) electrons. The predicted molar refractivity (Wildman–Crippen MR) is 82.6 cm³/mol. The lowest BCUT2D eigenvalue weighted by Gasteiger charge is -2.32. The summed E-state index contributed by atoms with van der Waals surface area (Å²) in [5.41, 5.74) is 1.25. The molecule has 1 saturated heterocycles. The highest BCUT2D eigenvalue weighted by Crippen LogP contribution is 2.32. The molecule has 0 spiro atoms. The SMILES string of the molecule is CN(C)CC(=O)N1CCC2COC(=O)N2c2cc(F)ccc2C1. The Balaban J connectivity index is 1.95. The maximum absolute atomic E-state index is 13.7. The van der Waals surface area contributed by atoms with Gasteiger partial charge in [-0.05, 0) is 38.2 Å². The molecule has 0 aromatic heterocycles. The average molecular weight is 321 g/mol. The van der Waals surface area contributed by atoms with Crippen LogP contribution < -0.4 is 4.90 Å². The summed E-state index contributed by atoms with van der Waals surface area (Å²) in [5.74, 6) is -0.391. The van der Waals surface area contributed by atoms with Gasteiger partial charge in [0.1, 0.15) is 12.4 Å². The fraction of sp³-hybridized carbons (Fsp3) is 0.500. The van der Waals surface area contributed by atoms with Gasteiger partial charge in [-0.1, -0.05) is 6.07 Å². The number of amides is 2. The van der Waals surface area contributed by atoms with E-state index in [0.717, 1.165) is 5.56 Å². The van der Waals surface area contributed by atoms with Gasteiger partial charge in [0.2, 0.25) is 5.91 Å². The van der Waals surface area contributed by atoms with Crippen LogP contribution in [0.5, 0.6) is 0 Å². The average Bonchev–Trinajstić information content (AvgIpc) is 2.82. The van der Waals surface area contributed by atoms with E-state index in [1.54, 1.807) is 11.0 Å². The Labute approximate surface area is 134 Å². The standard InChI is InChI=1S/C16H20FN3O3/c1-18(2)9-15(21)19-6-5-13-10-23-16(22)20(13)14-7-12(17)4-3-11(14)8-19/h3-4,7,13H,5-6,8-10H2,1-2H3. The first-order valence-electron chi connectivity index (χ1n) is 7.62. The minimum Gasteiger partial charge on any atom is -0.447 e. The fourth-order valence-corrected chi connectivity index (χ4v) is 3.04. The van der Waals surface area contributed by atoms with Gasteiger partial charge in [0, 0.05) is 13.1 Å².